The second-order valence-electron chi connectivity index (χ2n) is 5.76. The smallest absolute Gasteiger partial charge is 0.316 e. The molecule has 0 fully saturated rings. The highest BCUT2D eigenvalue weighted by atomic mass is 32.2. The highest BCUT2D eigenvalue weighted by Gasteiger charge is 2.22. The fourth-order valence-electron chi connectivity index (χ4n) is 2.13. The van der Waals surface area contributed by atoms with Crippen molar-refractivity contribution in [2.24, 2.45) is 0 Å². The third-order valence-electron chi connectivity index (χ3n) is 3.18. The highest BCUT2D eigenvalue weighted by Crippen LogP contribution is 2.15. The molecule has 0 spiro atoms. The van der Waals surface area contributed by atoms with E-state index in [1.807, 2.05) is 26.8 Å². The lowest BCUT2D eigenvalue weighted by atomic mass is 10.4. The van der Waals surface area contributed by atoms with Crippen molar-refractivity contribution in [1.29, 1.82) is 0 Å². The van der Waals surface area contributed by atoms with Gasteiger partial charge in [0.1, 0.15) is 6.10 Å². The number of esters is 1. The Bertz CT molecular complexity index is 644. The predicted octanol–water partition coefficient (Wildman–Crippen LogP) is 1.96. The lowest BCUT2D eigenvalue weighted by Gasteiger charge is -2.17. The van der Waals surface area contributed by atoms with E-state index < -0.39 is 21.9 Å². The van der Waals surface area contributed by atoms with Crippen LogP contribution in [0, 0.1) is 13.8 Å². The van der Waals surface area contributed by atoms with E-state index in [0.717, 1.165) is 29.6 Å². The molecular weight excluding hydrogens is 364 g/mol. The van der Waals surface area contributed by atoms with Gasteiger partial charge in [-0.2, -0.15) is 0 Å². The van der Waals surface area contributed by atoms with Crippen LogP contribution in [-0.4, -0.2) is 61.4 Å². The summed E-state index contributed by atoms with van der Waals surface area (Å²) in [6, 6.07) is 1.85. The molecule has 0 saturated carbocycles. The van der Waals surface area contributed by atoms with Gasteiger partial charge in [0.05, 0.1) is 23.9 Å². The van der Waals surface area contributed by atoms with Crippen molar-refractivity contribution in [2.75, 3.05) is 31.0 Å². The van der Waals surface area contributed by atoms with Gasteiger partial charge in [0.2, 0.25) is 0 Å². The maximum Gasteiger partial charge on any atom is 0.316 e. The van der Waals surface area contributed by atoms with Crippen LogP contribution in [0.15, 0.2) is 11.2 Å². The maximum atomic E-state index is 12.0. The number of carbonyl (C=O) groups excluding carboxylic acids is 1. The van der Waals surface area contributed by atoms with Crippen LogP contribution in [0.4, 0.5) is 0 Å². The Kier molecular flexibility index (Phi) is 9.37. The first kappa shape index (κ1) is 21.9. The number of rotatable bonds is 11. The molecule has 0 aliphatic heterocycles. The molecule has 0 bridgehead atoms. The van der Waals surface area contributed by atoms with E-state index in [-0.39, 0.29) is 23.9 Å². The summed E-state index contributed by atoms with van der Waals surface area (Å²) in [5.74, 6) is -0.637. The predicted molar refractivity (Wildman–Crippen MR) is 97.5 cm³/mol. The van der Waals surface area contributed by atoms with E-state index in [2.05, 4.69) is 9.97 Å². The Balaban J connectivity index is 2.57. The average Bonchev–Trinajstić information content (AvgIpc) is 2.50. The minimum Gasteiger partial charge on any atom is -0.458 e. The number of sulfone groups is 1. The van der Waals surface area contributed by atoms with Crippen LogP contribution >= 0.6 is 11.8 Å². The lowest BCUT2D eigenvalue weighted by molar-refractivity contribution is -0.146. The van der Waals surface area contributed by atoms with Crippen molar-refractivity contribution >= 4 is 27.6 Å². The number of nitrogens with zero attached hydrogens (tertiary/aromatic N) is 2. The van der Waals surface area contributed by atoms with Crippen LogP contribution in [0.25, 0.3) is 0 Å². The normalized spacial score (nSPS) is 12.8. The largest absolute Gasteiger partial charge is 0.458 e. The Morgan fingerprint density at radius 2 is 1.92 bits per heavy atom. The zero-order chi connectivity index (χ0) is 18.9. The van der Waals surface area contributed by atoms with E-state index in [1.54, 1.807) is 0 Å². The fraction of sp³-hybridized carbons (Fsp3) is 0.688. The number of methoxy groups -OCH3 is 1. The Morgan fingerprint density at radius 3 is 2.48 bits per heavy atom. The molecule has 1 atom stereocenters. The van der Waals surface area contributed by atoms with Crippen molar-refractivity contribution in [3.63, 3.8) is 0 Å². The molecule has 1 rings (SSSR count). The minimum absolute atomic E-state index is 0.0120. The number of carbonyl (C=O) groups is 1. The summed E-state index contributed by atoms with van der Waals surface area (Å²) in [5.41, 5.74) is 1.64. The summed E-state index contributed by atoms with van der Waals surface area (Å²) in [6.07, 6.45) is 0.580. The van der Waals surface area contributed by atoms with Gasteiger partial charge in [-0.25, -0.2) is 18.4 Å². The minimum atomic E-state index is -3.28. The second-order valence-corrected chi connectivity index (χ2v) is 8.93. The van der Waals surface area contributed by atoms with E-state index in [1.165, 1.54) is 7.11 Å². The molecule has 0 aliphatic rings. The van der Waals surface area contributed by atoms with Crippen LogP contribution in [0.2, 0.25) is 0 Å². The maximum absolute atomic E-state index is 12.0. The summed E-state index contributed by atoms with van der Waals surface area (Å²) in [7, 11) is -1.84. The molecule has 142 valence electrons. The first-order valence-corrected chi connectivity index (χ1v) is 10.9. The van der Waals surface area contributed by atoms with Gasteiger partial charge in [0.25, 0.3) is 0 Å². The molecule has 0 aliphatic carbocycles. The number of aryl methyl sites for hydroxylation is 2. The molecule has 0 saturated heterocycles. The molecule has 0 radical (unpaired) electrons. The average molecular weight is 391 g/mol. The molecule has 1 aromatic heterocycles. The van der Waals surface area contributed by atoms with E-state index in [0.29, 0.717) is 11.6 Å². The quantitative estimate of drug-likeness (QED) is 0.321. The van der Waals surface area contributed by atoms with Gasteiger partial charge in [0, 0.05) is 18.5 Å². The first-order valence-electron chi connectivity index (χ1n) is 8.09. The van der Waals surface area contributed by atoms with E-state index in [9.17, 15) is 13.2 Å². The summed E-state index contributed by atoms with van der Waals surface area (Å²) in [4.78, 5) is 20.5. The molecule has 7 nitrogen and oxygen atoms in total. The van der Waals surface area contributed by atoms with E-state index >= 15 is 0 Å². The summed E-state index contributed by atoms with van der Waals surface area (Å²) >= 11 is 1.16. The molecule has 1 unspecified atom stereocenters. The van der Waals surface area contributed by atoms with Crippen molar-refractivity contribution in [3.05, 3.63) is 17.5 Å². The third-order valence-corrected chi connectivity index (χ3v) is 5.79. The number of unbranched alkanes of at least 4 members (excludes halogenated alkanes) is 1. The Labute approximate surface area is 153 Å². The van der Waals surface area contributed by atoms with Crippen LogP contribution in [-0.2, 0) is 24.1 Å². The molecular formula is C16H26N2O5S2. The number of thioether (sulfide) groups is 1. The second kappa shape index (κ2) is 10.7. The molecule has 9 heteroatoms. The molecule has 0 amide bonds. The third kappa shape index (κ3) is 9.18. The lowest BCUT2D eigenvalue weighted by Crippen LogP contribution is -2.32. The monoisotopic (exact) mass is 390 g/mol. The van der Waals surface area contributed by atoms with E-state index in [4.69, 9.17) is 9.47 Å². The Morgan fingerprint density at radius 1 is 1.28 bits per heavy atom. The van der Waals surface area contributed by atoms with Gasteiger partial charge < -0.3 is 9.47 Å². The van der Waals surface area contributed by atoms with Gasteiger partial charge in [-0.1, -0.05) is 25.1 Å². The zero-order valence-corrected chi connectivity index (χ0v) is 16.8. The number of hydrogen-bond donors (Lipinski definition) is 0. The topological polar surface area (TPSA) is 95.5 Å². The number of hydrogen-bond acceptors (Lipinski definition) is 8. The van der Waals surface area contributed by atoms with Crippen molar-refractivity contribution in [3.8, 4) is 0 Å². The van der Waals surface area contributed by atoms with Crippen LogP contribution < -0.4 is 0 Å². The summed E-state index contributed by atoms with van der Waals surface area (Å²) in [5, 5.41) is 0.494. The molecule has 0 aromatic carbocycles. The standard InChI is InChI=1S/C16H26N2O5S2/c1-5-6-7-25(20,21)11-14(9-22-4)23-15(19)10-24-16-17-12(2)8-13(3)18-16/h8,14H,5-7,9-11H2,1-4H3. The van der Waals surface area contributed by atoms with Crippen molar-refractivity contribution in [2.45, 2.75) is 44.9 Å². The van der Waals surface area contributed by atoms with Gasteiger partial charge in [-0.05, 0) is 26.3 Å². The highest BCUT2D eigenvalue weighted by molar-refractivity contribution is 7.99. The molecule has 0 N–H and O–H groups in total. The fourth-order valence-corrected chi connectivity index (χ4v) is 4.49. The molecule has 1 aromatic rings. The van der Waals surface area contributed by atoms with Gasteiger partial charge in [0.15, 0.2) is 15.0 Å². The molecule has 1 heterocycles. The van der Waals surface area contributed by atoms with Crippen molar-refractivity contribution < 1.29 is 22.7 Å². The SMILES string of the molecule is CCCCS(=O)(=O)CC(COC)OC(=O)CSc1nc(C)cc(C)n1. The van der Waals surface area contributed by atoms with Gasteiger partial charge in [-0.3, -0.25) is 4.79 Å². The first-order chi connectivity index (χ1) is 11.8. The zero-order valence-electron chi connectivity index (χ0n) is 15.1. The van der Waals surface area contributed by atoms with Crippen LogP contribution in [0.1, 0.15) is 31.2 Å². The number of ether oxygens (including phenoxy) is 2. The van der Waals surface area contributed by atoms with Crippen molar-refractivity contribution in [1.82, 2.24) is 9.97 Å². The van der Waals surface area contributed by atoms with Crippen LogP contribution in [0.3, 0.4) is 0 Å². The van der Waals surface area contributed by atoms with Gasteiger partial charge >= 0.3 is 5.97 Å². The van der Waals surface area contributed by atoms with Crippen LogP contribution in [0.5, 0.6) is 0 Å². The molecule has 25 heavy (non-hydrogen) atoms. The summed E-state index contributed by atoms with van der Waals surface area (Å²) < 4.78 is 34.3. The summed E-state index contributed by atoms with van der Waals surface area (Å²) in [6.45, 7) is 5.68. The van der Waals surface area contributed by atoms with Gasteiger partial charge in [-0.15, -0.1) is 0 Å². The Hall–Kier alpha value is -1.19. The number of aromatic nitrogens is 2.